The number of benzene rings is 1. The molecule has 1 heterocycles. The first-order valence-corrected chi connectivity index (χ1v) is 10.2. The predicted molar refractivity (Wildman–Crippen MR) is 107 cm³/mol. The zero-order valence-electron chi connectivity index (χ0n) is 14.4. The Balaban J connectivity index is 2.21. The van der Waals surface area contributed by atoms with Crippen molar-refractivity contribution in [2.75, 3.05) is 13.2 Å². The fraction of sp³-hybridized carbons (Fsp3) is 0.353. The summed E-state index contributed by atoms with van der Waals surface area (Å²) < 4.78 is 11.5. The van der Waals surface area contributed by atoms with Gasteiger partial charge in [0.1, 0.15) is 5.75 Å². The summed E-state index contributed by atoms with van der Waals surface area (Å²) in [6, 6.07) is 3.30. The van der Waals surface area contributed by atoms with E-state index in [-0.39, 0.29) is 30.4 Å². The fourth-order valence-electron chi connectivity index (χ4n) is 2.21. The van der Waals surface area contributed by atoms with Gasteiger partial charge >= 0.3 is 5.97 Å². The Kier molecular flexibility index (Phi) is 7.31. The first-order chi connectivity index (χ1) is 12.2. The number of ether oxygens (including phenoxy) is 2. The van der Waals surface area contributed by atoms with Crippen LogP contribution in [0.3, 0.4) is 0 Å². The highest BCUT2D eigenvalue weighted by atomic mass is 79.9. The average Bonchev–Trinajstić information content (AvgIpc) is 2.80. The lowest BCUT2D eigenvalue weighted by Gasteiger charge is -2.16. The fourth-order valence-corrected chi connectivity index (χ4v) is 4.62. The molecule has 1 fully saturated rings. The van der Waals surface area contributed by atoms with Gasteiger partial charge in [0.05, 0.1) is 20.5 Å². The molecule has 0 unspecified atom stereocenters. The number of carbonyl (C=O) groups excluding carboxylic acids is 3. The van der Waals surface area contributed by atoms with Gasteiger partial charge < -0.3 is 9.47 Å². The molecule has 1 aromatic carbocycles. The third kappa shape index (κ3) is 4.89. The lowest BCUT2D eigenvalue weighted by molar-refractivity contribution is -0.145. The standard InChI is InChI=1S/C17H17Br2NO5S/c1-4-24-14(21)8-25-15-11(18)5-10(6-12(15)19)7-13-16(22)20(9(2)3)17(23)26-13/h5-7,9H,4,8H2,1-3H3/b13-7-. The molecular formula is C17H17Br2NO5S. The van der Waals surface area contributed by atoms with Crippen LogP contribution < -0.4 is 4.74 Å². The largest absolute Gasteiger partial charge is 0.480 e. The summed E-state index contributed by atoms with van der Waals surface area (Å²) in [5, 5.41) is -0.274. The molecule has 2 rings (SSSR count). The average molecular weight is 507 g/mol. The van der Waals surface area contributed by atoms with Gasteiger partial charge in [-0.2, -0.15) is 0 Å². The number of amides is 2. The van der Waals surface area contributed by atoms with Crippen molar-refractivity contribution in [2.45, 2.75) is 26.8 Å². The number of carbonyl (C=O) groups is 3. The number of nitrogens with zero attached hydrogens (tertiary/aromatic N) is 1. The normalized spacial score (nSPS) is 15.9. The van der Waals surface area contributed by atoms with Crippen LogP contribution in [0, 0.1) is 0 Å². The third-order valence-corrected chi connectivity index (χ3v) is 5.36. The molecule has 1 aliphatic rings. The SMILES string of the molecule is CCOC(=O)COc1c(Br)cc(/C=C2\SC(=O)N(C(C)C)C2=O)cc1Br. The molecule has 0 saturated carbocycles. The van der Waals surface area contributed by atoms with Crippen LogP contribution in [0.2, 0.25) is 0 Å². The Labute approximate surface area is 172 Å². The molecule has 1 saturated heterocycles. The second-order valence-corrected chi connectivity index (χ2v) is 8.25. The van der Waals surface area contributed by atoms with Crippen molar-refractivity contribution in [2.24, 2.45) is 0 Å². The number of imide groups is 1. The van der Waals surface area contributed by atoms with Crippen molar-refractivity contribution in [3.05, 3.63) is 31.5 Å². The Bertz CT molecular complexity index is 755. The van der Waals surface area contributed by atoms with Crippen molar-refractivity contribution in [3.63, 3.8) is 0 Å². The Morgan fingerprint density at radius 2 is 1.88 bits per heavy atom. The summed E-state index contributed by atoms with van der Waals surface area (Å²) in [5.74, 6) is -0.312. The summed E-state index contributed by atoms with van der Waals surface area (Å²) in [4.78, 5) is 37.3. The molecule has 0 radical (unpaired) electrons. The molecule has 9 heteroatoms. The van der Waals surface area contributed by atoms with Gasteiger partial charge in [0.25, 0.3) is 11.1 Å². The molecule has 0 bridgehead atoms. The van der Waals surface area contributed by atoms with Gasteiger partial charge in [-0.3, -0.25) is 14.5 Å². The van der Waals surface area contributed by atoms with E-state index in [1.807, 2.05) is 0 Å². The molecule has 6 nitrogen and oxygen atoms in total. The number of esters is 1. The van der Waals surface area contributed by atoms with Crippen LogP contribution in [0.4, 0.5) is 4.79 Å². The highest BCUT2D eigenvalue weighted by Crippen LogP contribution is 2.38. The van der Waals surface area contributed by atoms with E-state index in [1.54, 1.807) is 39.0 Å². The zero-order chi connectivity index (χ0) is 19.4. The van der Waals surface area contributed by atoms with Crippen LogP contribution in [0.1, 0.15) is 26.3 Å². The summed E-state index contributed by atoms with van der Waals surface area (Å²) in [5.41, 5.74) is 0.710. The summed E-state index contributed by atoms with van der Waals surface area (Å²) >= 11 is 7.70. The van der Waals surface area contributed by atoms with Gasteiger partial charge in [-0.15, -0.1) is 0 Å². The van der Waals surface area contributed by atoms with E-state index in [0.717, 1.165) is 11.8 Å². The first kappa shape index (κ1) is 21.0. The highest BCUT2D eigenvalue weighted by Gasteiger charge is 2.36. The minimum Gasteiger partial charge on any atom is -0.480 e. The van der Waals surface area contributed by atoms with Crippen LogP contribution in [0.15, 0.2) is 26.0 Å². The topological polar surface area (TPSA) is 72.9 Å². The number of rotatable bonds is 6. The minimum absolute atomic E-state index is 0.189. The second kappa shape index (κ2) is 9.05. The van der Waals surface area contributed by atoms with E-state index < -0.39 is 5.97 Å². The molecule has 0 spiro atoms. The maximum absolute atomic E-state index is 12.4. The predicted octanol–water partition coefficient (Wildman–Crippen LogP) is 4.60. The summed E-state index contributed by atoms with van der Waals surface area (Å²) in [6.45, 7) is 5.39. The van der Waals surface area contributed by atoms with Gasteiger partial charge in [-0.05, 0) is 88.2 Å². The first-order valence-electron chi connectivity index (χ1n) is 7.79. The van der Waals surface area contributed by atoms with Gasteiger partial charge in [0.15, 0.2) is 6.61 Å². The van der Waals surface area contributed by atoms with E-state index in [2.05, 4.69) is 31.9 Å². The van der Waals surface area contributed by atoms with E-state index >= 15 is 0 Å². The summed E-state index contributed by atoms with van der Waals surface area (Å²) in [6.07, 6.45) is 1.65. The lowest BCUT2D eigenvalue weighted by Crippen LogP contribution is -2.34. The molecule has 0 N–H and O–H groups in total. The summed E-state index contributed by atoms with van der Waals surface area (Å²) in [7, 11) is 0. The Morgan fingerprint density at radius 1 is 1.27 bits per heavy atom. The van der Waals surface area contributed by atoms with Gasteiger partial charge in [-0.25, -0.2) is 4.79 Å². The third-order valence-electron chi connectivity index (χ3n) is 3.30. The van der Waals surface area contributed by atoms with Crippen molar-refractivity contribution in [1.29, 1.82) is 0 Å². The molecule has 0 atom stereocenters. The molecule has 0 aliphatic carbocycles. The Morgan fingerprint density at radius 3 is 2.38 bits per heavy atom. The van der Waals surface area contributed by atoms with Crippen LogP contribution in [-0.2, 0) is 14.3 Å². The molecule has 140 valence electrons. The monoisotopic (exact) mass is 505 g/mol. The maximum atomic E-state index is 12.4. The smallest absolute Gasteiger partial charge is 0.344 e. The Hall–Kier alpha value is -1.32. The van der Waals surface area contributed by atoms with Crippen molar-refractivity contribution < 1.29 is 23.9 Å². The van der Waals surface area contributed by atoms with Crippen molar-refractivity contribution >= 4 is 66.8 Å². The molecule has 26 heavy (non-hydrogen) atoms. The van der Waals surface area contributed by atoms with Gasteiger partial charge in [-0.1, -0.05) is 0 Å². The number of thioether (sulfide) groups is 1. The van der Waals surface area contributed by atoms with E-state index in [0.29, 0.717) is 25.2 Å². The highest BCUT2D eigenvalue weighted by molar-refractivity contribution is 9.11. The van der Waals surface area contributed by atoms with Gasteiger partial charge in [0, 0.05) is 6.04 Å². The van der Waals surface area contributed by atoms with E-state index in [4.69, 9.17) is 9.47 Å². The van der Waals surface area contributed by atoms with E-state index in [1.165, 1.54) is 4.90 Å². The van der Waals surface area contributed by atoms with Crippen molar-refractivity contribution in [3.8, 4) is 5.75 Å². The maximum Gasteiger partial charge on any atom is 0.344 e. The van der Waals surface area contributed by atoms with Gasteiger partial charge in [0.2, 0.25) is 0 Å². The van der Waals surface area contributed by atoms with Crippen LogP contribution in [-0.4, -0.2) is 41.3 Å². The minimum atomic E-state index is -0.460. The molecule has 0 aromatic heterocycles. The van der Waals surface area contributed by atoms with Crippen LogP contribution >= 0.6 is 43.6 Å². The second-order valence-electron chi connectivity index (χ2n) is 5.55. The lowest BCUT2D eigenvalue weighted by atomic mass is 10.2. The number of hydrogen-bond acceptors (Lipinski definition) is 6. The zero-order valence-corrected chi connectivity index (χ0v) is 18.4. The van der Waals surface area contributed by atoms with Crippen LogP contribution in [0.25, 0.3) is 6.08 Å². The van der Waals surface area contributed by atoms with E-state index in [9.17, 15) is 14.4 Å². The molecule has 1 aromatic rings. The molecule has 2 amide bonds. The van der Waals surface area contributed by atoms with Crippen molar-refractivity contribution in [1.82, 2.24) is 4.90 Å². The van der Waals surface area contributed by atoms with Crippen LogP contribution in [0.5, 0.6) is 5.75 Å². The quantitative estimate of drug-likeness (QED) is 0.414. The molecule has 1 aliphatic heterocycles. The molecular weight excluding hydrogens is 490 g/mol. The number of halogens is 2. The number of hydrogen-bond donors (Lipinski definition) is 0.